The minimum Gasteiger partial charge on any atom is -0.448 e. The average Bonchev–Trinajstić information content (AvgIpc) is 2.26. The molecule has 1 rings (SSSR count). The van der Waals surface area contributed by atoms with Gasteiger partial charge in [0, 0.05) is 12.6 Å². The normalized spacial score (nSPS) is 17.4. The quantitative estimate of drug-likeness (QED) is 0.684. The van der Waals surface area contributed by atoms with E-state index < -0.39 is 0 Å². The van der Waals surface area contributed by atoms with Gasteiger partial charge in [0.2, 0.25) is 0 Å². The van der Waals surface area contributed by atoms with E-state index in [9.17, 15) is 4.79 Å². The Morgan fingerprint density at radius 2 is 2.07 bits per heavy atom. The summed E-state index contributed by atoms with van der Waals surface area (Å²) in [7, 11) is 0. The second-order valence-electron chi connectivity index (χ2n) is 3.97. The first-order valence-corrected chi connectivity index (χ1v) is 5.97. The van der Waals surface area contributed by atoms with Crippen molar-refractivity contribution in [2.24, 2.45) is 0 Å². The summed E-state index contributed by atoms with van der Waals surface area (Å²) in [5, 5.41) is 6.01. The van der Waals surface area contributed by atoms with E-state index in [-0.39, 0.29) is 6.09 Å². The molecule has 1 amide bonds. The largest absolute Gasteiger partial charge is 0.448 e. The highest BCUT2D eigenvalue weighted by molar-refractivity contribution is 5.67. The number of nitrogens with one attached hydrogen (secondary N) is 2. The molecule has 0 aliphatic heterocycles. The number of ether oxygens (including phenoxy) is 1. The van der Waals surface area contributed by atoms with Gasteiger partial charge in [-0.1, -0.05) is 26.2 Å². The van der Waals surface area contributed by atoms with Crippen molar-refractivity contribution in [2.75, 3.05) is 19.7 Å². The summed E-state index contributed by atoms with van der Waals surface area (Å²) >= 11 is 0. The molecule has 0 heterocycles. The number of carbonyl (C=O) groups is 1. The molecule has 15 heavy (non-hydrogen) atoms. The van der Waals surface area contributed by atoms with E-state index in [1.807, 2.05) is 6.92 Å². The molecule has 0 aromatic rings. The fraction of sp³-hybridized carbons (Fsp3) is 0.909. The van der Waals surface area contributed by atoms with Gasteiger partial charge in [0.15, 0.2) is 0 Å². The molecule has 0 spiro atoms. The summed E-state index contributed by atoms with van der Waals surface area (Å²) in [6, 6.07) is 0.338. The Balaban J connectivity index is 2.01. The Morgan fingerprint density at radius 3 is 2.73 bits per heavy atom. The fourth-order valence-electron chi connectivity index (χ4n) is 1.85. The lowest BCUT2D eigenvalue weighted by atomic mass is 9.96. The monoisotopic (exact) mass is 214 g/mol. The maximum Gasteiger partial charge on any atom is 0.407 e. The molecule has 88 valence electrons. The summed E-state index contributed by atoms with van der Waals surface area (Å²) < 4.78 is 5.03. The van der Waals surface area contributed by atoms with Crippen LogP contribution in [0.2, 0.25) is 0 Å². The van der Waals surface area contributed by atoms with Crippen LogP contribution in [0.25, 0.3) is 0 Å². The van der Waals surface area contributed by atoms with Crippen LogP contribution in [0.3, 0.4) is 0 Å². The molecule has 0 bridgehead atoms. The number of likely N-dealkylation sites (N-methyl/N-ethyl adjacent to an activating group) is 1. The number of carbonyl (C=O) groups excluding carboxylic acids is 1. The Bertz CT molecular complexity index is 179. The van der Waals surface area contributed by atoms with Crippen LogP contribution in [0.1, 0.15) is 39.0 Å². The lowest BCUT2D eigenvalue weighted by Gasteiger charge is -2.22. The lowest BCUT2D eigenvalue weighted by molar-refractivity contribution is 0.140. The molecule has 0 unspecified atom stereocenters. The summed E-state index contributed by atoms with van der Waals surface area (Å²) in [6.45, 7) is 4.12. The van der Waals surface area contributed by atoms with E-state index in [0.717, 1.165) is 25.9 Å². The number of amides is 1. The average molecular weight is 214 g/mol. The standard InChI is InChI=1S/C11H22N2O2/c1-2-12-8-9-15-11(14)13-10-6-4-3-5-7-10/h10,12H,2-9H2,1H3,(H,13,14). The number of hydrogen-bond acceptors (Lipinski definition) is 3. The molecule has 2 N–H and O–H groups in total. The van der Waals surface area contributed by atoms with Crippen molar-refractivity contribution in [3.63, 3.8) is 0 Å². The van der Waals surface area contributed by atoms with E-state index in [1.165, 1.54) is 19.3 Å². The van der Waals surface area contributed by atoms with Crippen LogP contribution in [-0.2, 0) is 4.74 Å². The molecule has 0 atom stereocenters. The van der Waals surface area contributed by atoms with Gasteiger partial charge in [-0.05, 0) is 19.4 Å². The third-order valence-corrected chi connectivity index (χ3v) is 2.69. The molecule has 0 saturated heterocycles. The topological polar surface area (TPSA) is 50.4 Å². The maximum absolute atomic E-state index is 11.3. The molecule has 1 aliphatic rings. The summed E-state index contributed by atoms with van der Waals surface area (Å²) in [4.78, 5) is 11.3. The third kappa shape index (κ3) is 5.62. The molecule has 4 heteroatoms. The third-order valence-electron chi connectivity index (χ3n) is 2.69. The Kier molecular flexibility index (Phi) is 6.16. The van der Waals surface area contributed by atoms with Gasteiger partial charge in [-0.25, -0.2) is 4.79 Å². The lowest BCUT2D eigenvalue weighted by Crippen LogP contribution is -2.37. The zero-order valence-corrected chi connectivity index (χ0v) is 9.55. The molecule has 0 aromatic carbocycles. The SMILES string of the molecule is CCNCCOC(=O)NC1CCCCC1. The smallest absolute Gasteiger partial charge is 0.407 e. The van der Waals surface area contributed by atoms with Gasteiger partial charge in [-0.15, -0.1) is 0 Å². The highest BCUT2D eigenvalue weighted by Gasteiger charge is 2.15. The summed E-state index contributed by atoms with van der Waals surface area (Å²) in [5.74, 6) is 0. The number of alkyl carbamates (subject to hydrolysis) is 1. The highest BCUT2D eigenvalue weighted by atomic mass is 16.5. The summed E-state index contributed by atoms with van der Waals surface area (Å²) in [6.07, 6.45) is 5.68. The van der Waals surface area contributed by atoms with Crippen LogP contribution < -0.4 is 10.6 Å². The van der Waals surface area contributed by atoms with E-state index in [4.69, 9.17) is 4.74 Å². The van der Waals surface area contributed by atoms with Crippen molar-refractivity contribution in [3.05, 3.63) is 0 Å². The van der Waals surface area contributed by atoms with Crippen LogP contribution >= 0.6 is 0 Å². The molecule has 4 nitrogen and oxygen atoms in total. The Morgan fingerprint density at radius 1 is 1.33 bits per heavy atom. The molecular formula is C11H22N2O2. The van der Waals surface area contributed by atoms with Gasteiger partial charge in [-0.3, -0.25) is 0 Å². The second-order valence-corrected chi connectivity index (χ2v) is 3.97. The minimum absolute atomic E-state index is 0.264. The molecule has 1 aliphatic carbocycles. The maximum atomic E-state index is 11.3. The first-order chi connectivity index (χ1) is 7.33. The van der Waals surface area contributed by atoms with Gasteiger partial charge in [0.25, 0.3) is 0 Å². The van der Waals surface area contributed by atoms with Crippen molar-refractivity contribution < 1.29 is 9.53 Å². The van der Waals surface area contributed by atoms with Crippen LogP contribution in [0, 0.1) is 0 Å². The van der Waals surface area contributed by atoms with Gasteiger partial charge >= 0.3 is 6.09 Å². The van der Waals surface area contributed by atoms with Crippen LogP contribution in [0.5, 0.6) is 0 Å². The molecule has 1 saturated carbocycles. The second kappa shape index (κ2) is 7.51. The van der Waals surface area contributed by atoms with Crippen LogP contribution in [-0.4, -0.2) is 31.8 Å². The van der Waals surface area contributed by atoms with Crippen molar-refractivity contribution in [1.29, 1.82) is 0 Å². The van der Waals surface area contributed by atoms with Gasteiger partial charge in [0.1, 0.15) is 6.61 Å². The van der Waals surface area contributed by atoms with E-state index in [0.29, 0.717) is 12.6 Å². The fourth-order valence-corrected chi connectivity index (χ4v) is 1.85. The van der Waals surface area contributed by atoms with Crippen LogP contribution in [0.15, 0.2) is 0 Å². The number of rotatable bonds is 5. The molecular weight excluding hydrogens is 192 g/mol. The van der Waals surface area contributed by atoms with Crippen molar-refractivity contribution in [1.82, 2.24) is 10.6 Å². The molecule has 0 aromatic heterocycles. The van der Waals surface area contributed by atoms with Crippen molar-refractivity contribution in [2.45, 2.75) is 45.1 Å². The zero-order chi connectivity index (χ0) is 10.9. The van der Waals surface area contributed by atoms with Gasteiger partial charge in [0.05, 0.1) is 0 Å². The van der Waals surface area contributed by atoms with Gasteiger partial charge < -0.3 is 15.4 Å². The zero-order valence-electron chi connectivity index (χ0n) is 9.55. The minimum atomic E-state index is -0.264. The van der Waals surface area contributed by atoms with E-state index >= 15 is 0 Å². The van der Waals surface area contributed by atoms with Crippen molar-refractivity contribution >= 4 is 6.09 Å². The predicted molar refractivity (Wildman–Crippen MR) is 59.9 cm³/mol. The number of hydrogen-bond donors (Lipinski definition) is 2. The summed E-state index contributed by atoms with van der Waals surface area (Å²) in [5.41, 5.74) is 0. The van der Waals surface area contributed by atoms with Crippen molar-refractivity contribution in [3.8, 4) is 0 Å². The Labute approximate surface area is 91.8 Å². The molecule has 0 radical (unpaired) electrons. The van der Waals surface area contributed by atoms with Gasteiger partial charge in [-0.2, -0.15) is 0 Å². The first-order valence-electron chi connectivity index (χ1n) is 5.97. The first kappa shape index (κ1) is 12.3. The Hall–Kier alpha value is -0.770. The van der Waals surface area contributed by atoms with E-state index in [2.05, 4.69) is 10.6 Å². The predicted octanol–water partition coefficient (Wildman–Crippen LogP) is 1.65. The molecule has 1 fully saturated rings. The van der Waals surface area contributed by atoms with E-state index in [1.54, 1.807) is 0 Å². The highest BCUT2D eigenvalue weighted by Crippen LogP contribution is 2.17. The van der Waals surface area contributed by atoms with Crippen LogP contribution in [0.4, 0.5) is 4.79 Å².